The van der Waals surface area contributed by atoms with Gasteiger partial charge in [0.15, 0.2) is 6.04 Å². The van der Waals surface area contributed by atoms with Gasteiger partial charge in [-0.05, 0) is 83.5 Å². The second kappa shape index (κ2) is 43.3. The Bertz CT molecular complexity index is 1350. The molecule has 0 aromatic rings. The quantitative estimate of drug-likeness (QED) is 0.0200. The van der Waals surface area contributed by atoms with Crippen molar-refractivity contribution in [1.82, 2.24) is 5.32 Å². The van der Waals surface area contributed by atoms with Crippen LogP contribution in [0.25, 0.3) is 0 Å². The number of phosphoric ester groups is 1. The molecule has 0 bridgehead atoms. The van der Waals surface area contributed by atoms with Crippen LogP contribution in [0.15, 0.2) is 85.1 Å². The molecule has 0 heterocycles. The molecule has 0 aliphatic rings. The summed E-state index contributed by atoms with van der Waals surface area (Å²) in [6.07, 6.45) is 53.1. The molecule has 11 nitrogen and oxygen atoms in total. The predicted octanol–water partition coefficient (Wildman–Crippen LogP) is 12.3. The standard InChI is InChI=1S/C49H82NO10P/c1-3-5-7-9-11-13-15-17-19-20-21-22-23-24-25-26-27-28-30-32-34-36-38-40-47(52)50-46(49(54)55)44-60-61(56,57)59-43-45(51)42-58-48(53)41-39-37-35-33-31-29-18-16-14-12-10-8-6-4-2/h5,7,10-13,16-19,21-22,24-25,45-46,51H,3-4,6,8-9,14-15,20,23,26-44H2,1-2H3,(H,50,52)(H,54,55)(H,56,57)/b7-5-,12-10-,13-11-,18-16-,19-17-,22-21-,25-24-. The van der Waals surface area contributed by atoms with Crippen LogP contribution in [0.3, 0.4) is 0 Å². The van der Waals surface area contributed by atoms with E-state index < -0.39 is 57.6 Å². The van der Waals surface area contributed by atoms with E-state index in [1.807, 2.05) is 0 Å². The first-order valence-corrected chi connectivity index (χ1v) is 24.6. The van der Waals surface area contributed by atoms with Crippen LogP contribution in [0.4, 0.5) is 0 Å². The number of rotatable bonds is 42. The van der Waals surface area contributed by atoms with Gasteiger partial charge < -0.3 is 25.2 Å². The van der Waals surface area contributed by atoms with E-state index in [0.29, 0.717) is 12.8 Å². The van der Waals surface area contributed by atoms with Crippen molar-refractivity contribution in [2.45, 2.75) is 187 Å². The molecule has 3 unspecified atom stereocenters. The van der Waals surface area contributed by atoms with Gasteiger partial charge in [-0.1, -0.05) is 163 Å². The lowest BCUT2D eigenvalue weighted by Crippen LogP contribution is -2.43. The molecule has 0 radical (unpaired) electrons. The van der Waals surface area contributed by atoms with Crippen LogP contribution in [0, 0.1) is 0 Å². The van der Waals surface area contributed by atoms with Crippen molar-refractivity contribution in [1.29, 1.82) is 0 Å². The van der Waals surface area contributed by atoms with Crippen LogP contribution in [0.1, 0.15) is 174 Å². The molecular weight excluding hydrogens is 794 g/mol. The van der Waals surface area contributed by atoms with Crippen molar-refractivity contribution in [3.63, 3.8) is 0 Å². The van der Waals surface area contributed by atoms with Crippen LogP contribution in [-0.4, -0.2) is 64.9 Å². The summed E-state index contributed by atoms with van der Waals surface area (Å²) in [5.41, 5.74) is 0. The number of aliphatic hydroxyl groups is 1. The van der Waals surface area contributed by atoms with Crippen molar-refractivity contribution in [2.24, 2.45) is 0 Å². The van der Waals surface area contributed by atoms with Gasteiger partial charge >= 0.3 is 19.8 Å². The Balaban J connectivity index is 3.94. The Morgan fingerprint density at radius 1 is 0.541 bits per heavy atom. The van der Waals surface area contributed by atoms with E-state index in [1.54, 1.807) is 0 Å². The van der Waals surface area contributed by atoms with E-state index in [9.17, 15) is 34.1 Å². The Labute approximate surface area is 369 Å². The summed E-state index contributed by atoms with van der Waals surface area (Å²) in [6, 6.07) is -1.56. The number of hydrogen-bond acceptors (Lipinski definition) is 8. The molecule has 0 rings (SSSR count). The molecule has 348 valence electrons. The Morgan fingerprint density at radius 2 is 0.951 bits per heavy atom. The van der Waals surface area contributed by atoms with Gasteiger partial charge in [-0.3, -0.25) is 18.6 Å². The summed E-state index contributed by atoms with van der Waals surface area (Å²) in [5.74, 6) is -2.41. The molecular formula is C49H82NO10P. The average molecular weight is 876 g/mol. The van der Waals surface area contributed by atoms with Crippen molar-refractivity contribution in [3.05, 3.63) is 85.1 Å². The molecule has 12 heteroatoms. The molecule has 0 aliphatic heterocycles. The lowest BCUT2D eigenvalue weighted by atomic mass is 10.1. The normalized spacial score (nSPS) is 14.4. The number of nitrogens with one attached hydrogen (secondary N) is 1. The smallest absolute Gasteiger partial charge is 0.472 e. The maximum Gasteiger partial charge on any atom is 0.472 e. The molecule has 0 saturated carbocycles. The van der Waals surface area contributed by atoms with Crippen LogP contribution >= 0.6 is 7.82 Å². The molecule has 1 amide bonds. The van der Waals surface area contributed by atoms with Gasteiger partial charge in [0, 0.05) is 12.8 Å². The van der Waals surface area contributed by atoms with Gasteiger partial charge in [0.1, 0.15) is 12.7 Å². The fourth-order valence-electron chi connectivity index (χ4n) is 5.83. The van der Waals surface area contributed by atoms with Gasteiger partial charge in [0.25, 0.3) is 0 Å². The van der Waals surface area contributed by atoms with Crippen molar-refractivity contribution < 1.29 is 47.8 Å². The first-order valence-electron chi connectivity index (χ1n) is 23.1. The maximum absolute atomic E-state index is 12.3. The molecule has 0 aromatic carbocycles. The average Bonchev–Trinajstić information content (AvgIpc) is 3.24. The second-order valence-corrected chi connectivity index (χ2v) is 16.7. The SMILES string of the molecule is CC/C=C\C/C=C\C/C=C\C/C=C\C/C=C\CCCCCCCCCC(=O)NC(COP(=O)(O)OCC(O)COC(=O)CCCCCCC/C=C\C/C=C\CCCC)C(=O)O. The van der Waals surface area contributed by atoms with E-state index in [4.69, 9.17) is 13.8 Å². The highest BCUT2D eigenvalue weighted by Crippen LogP contribution is 2.43. The monoisotopic (exact) mass is 876 g/mol. The second-order valence-electron chi connectivity index (χ2n) is 15.2. The number of unbranched alkanes of at least 4 members (excludes halogenated alkanes) is 14. The molecule has 61 heavy (non-hydrogen) atoms. The van der Waals surface area contributed by atoms with Crippen LogP contribution in [0.5, 0.6) is 0 Å². The highest BCUT2D eigenvalue weighted by atomic mass is 31.2. The number of carboxylic acids is 1. The van der Waals surface area contributed by atoms with Gasteiger partial charge in [0.2, 0.25) is 5.91 Å². The molecule has 0 aromatic heterocycles. The third-order valence-electron chi connectivity index (χ3n) is 9.42. The summed E-state index contributed by atoms with van der Waals surface area (Å²) < 4.78 is 26.8. The lowest BCUT2D eigenvalue weighted by molar-refractivity contribution is -0.147. The van der Waals surface area contributed by atoms with E-state index in [-0.39, 0.29) is 12.8 Å². The van der Waals surface area contributed by atoms with Gasteiger partial charge in [-0.2, -0.15) is 0 Å². The van der Waals surface area contributed by atoms with Gasteiger partial charge in [-0.25, -0.2) is 9.36 Å². The third-order valence-corrected chi connectivity index (χ3v) is 10.4. The van der Waals surface area contributed by atoms with Crippen LogP contribution in [-0.2, 0) is 32.7 Å². The minimum Gasteiger partial charge on any atom is -0.480 e. The number of aliphatic carboxylic acids is 1. The van der Waals surface area contributed by atoms with E-state index in [1.165, 1.54) is 12.8 Å². The molecule has 0 saturated heterocycles. The number of phosphoric acid groups is 1. The minimum atomic E-state index is -4.77. The molecule has 0 fully saturated rings. The van der Waals surface area contributed by atoms with E-state index >= 15 is 0 Å². The number of hydrogen-bond donors (Lipinski definition) is 4. The van der Waals surface area contributed by atoms with Crippen molar-refractivity contribution in [3.8, 4) is 0 Å². The van der Waals surface area contributed by atoms with Gasteiger partial charge in [0.05, 0.1) is 13.2 Å². The van der Waals surface area contributed by atoms with Gasteiger partial charge in [-0.15, -0.1) is 0 Å². The third kappa shape index (κ3) is 43.1. The number of ether oxygens (including phenoxy) is 1. The zero-order valence-corrected chi connectivity index (χ0v) is 38.6. The number of carboxylic acid groups (broad SMARTS) is 1. The maximum atomic E-state index is 12.3. The summed E-state index contributed by atoms with van der Waals surface area (Å²) in [7, 11) is -4.77. The zero-order chi connectivity index (χ0) is 44.9. The fraction of sp³-hybridized carbons (Fsp3) is 0.653. The van der Waals surface area contributed by atoms with Crippen molar-refractivity contribution >= 4 is 25.7 Å². The summed E-state index contributed by atoms with van der Waals surface area (Å²) in [4.78, 5) is 46.0. The molecule has 3 atom stereocenters. The first kappa shape index (κ1) is 57.7. The number of esters is 1. The number of allylic oxidation sites excluding steroid dienone is 14. The topological polar surface area (TPSA) is 169 Å². The largest absolute Gasteiger partial charge is 0.480 e. The summed E-state index contributed by atoms with van der Waals surface area (Å²) >= 11 is 0. The van der Waals surface area contributed by atoms with Crippen LogP contribution in [0.2, 0.25) is 0 Å². The lowest BCUT2D eigenvalue weighted by Gasteiger charge is -2.18. The molecule has 4 N–H and O–H groups in total. The van der Waals surface area contributed by atoms with Crippen LogP contribution < -0.4 is 5.32 Å². The Morgan fingerprint density at radius 3 is 1.43 bits per heavy atom. The van der Waals surface area contributed by atoms with Crippen molar-refractivity contribution in [2.75, 3.05) is 19.8 Å². The van der Waals surface area contributed by atoms with E-state index in [0.717, 1.165) is 122 Å². The molecule has 0 spiro atoms. The number of aliphatic hydroxyl groups excluding tert-OH is 1. The fourth-order valence-corrected chi connectivity index (χ4v) is 6.60. The number of carbonyl (C=O) groups is 3. The molecule has 0 aliphatic carbocycles. The minimum absolute atomic E-state index is 0.127. The Kier molecular flexibility index (Phi) is 40.9. The highest BCUT2D eigenvalue weighted by Gasteiger charge is 2.28. The number of amides is 1. The highest BCUT2D eigenvalue weighted by molar-refractivity contribution is 7.47. The first-order chi connectivity index (χ1) is 29.6. The number of carbonyl (C=O) groups excluding carboxylic acids is 2. The Hall–Kier alpha value is -3.34. The summed E-state index contributed by atoms with van der Waals surface area (Å²) in [5, 5.41) is 21.9. The zero-order valence-electron chi connectivity index (χ0n) is 37.7. The predicted molar refractivity (Wildman–Crippen MR) is 249 cm³/mol. The van der Waals surface area contributed by atoms with E-state index in [2.05, 4.69) is 104 Å². The summed E-state index contributed by atoms with van der Waals surface area (Å²) in [6.45, 7) is 2.41.